The molecule has 0 saturated carbocycles. The molecule has 1 N–H and O–H groups in total. The van der Waals surface area contributed by atoms with Crippen LogP contribution in [0.25, 0.3) is 10.2 Å². The normalized spacial score (nSPS) is 10.8. The van der Waals surface area contributed by atoms with Gasteiger partial charge in [0, 0.05) is 0 Å². The van der Waals surface area contributed by atoms with E-state index in [1.54, 1.807) is 11.3 Å². The maximum Gasteiger partial charge on any atom is 0.234 e. The van der Waals surface area contributed by atoms with Crippen LogP contribution in [0.3, 0.4) is 0 Å². The lowest BCUT2D eigenvalue weighted by Crippen LogP contribution is -2.14. The van der Waals surface area contributed by atoms with Crippen molar-refractivity contribution in [3.63, 3.8) is 0 Å². The topological polar surface area (TPSA) is 42.0 Å². The van der Waals surface area contributed by atoms with Crippen molar-refractivity contribution in [1.82, 2.24) is 4.98 Å². The van der Waals surface area contributed by atoms with Gasteiger partial charge in [-0.05, 0) is 36.8 Å². The summed E-state index contributed by atoms with van der Waals surface area (Å²) >= 11 is 9.14. The fourth-order valence-corrected chi connectivity index (χ4v) is 4.10. The first-order valence-corrected chi connectivity index (χ1v) is 8.84. The molecule has 3 aromatic rings. The summed E-state index contributed by atoms with van der Waals surface area (Å²) in [5, 5.41) is 3.38. The van der Waals surface area contributed by atoms with E-state index in [2.05, 4.69) is 10.3 Å². The fourth-order valence-electron chi connectivity index (χ4n) is 1.95. The molecule has 3 nitrogen and oxygen atoms in total. The number of thioether (sulfide) groups is 1. The Bertz CT molecular complexity index is 799. The number of amides is 1. The van der Waals surface area contributed by atoms with Crippen molar-refractivity contribution in [2.24, 2.45) is 0 Å². The Kier molecular flexibility index (Phi) is 4.66. The smallest absolute Gasteiger partial charge is 0.234 e. The number of aryl methyl sites for hydroxylation is 1. The third-order valence-electron chi connectivity index (χ3n) is 3.00. The summed E-state index contributed by atoms with van der Waals surface area (Å²) in [4.78, 5) is 16.5. The summed E-state index contributed by atoms with van der Waals surface area (Å²) in [6, 6.07) is 13.5. The number of anilines is 1. The first-order chi connectivity index (χ1) is 10.6. The van der Waals surface area contributed by atoms with Gasteiger partial charge < -0.3 is 5.32 Å². The Morgan fingerprint density at radius 2 is 2.14 bits per heavy atom. The van der Waals surface area contributed by atoms with Gasteiger partial charge in [-0.15, -0.1) is 11.3 Å². The largest absolute Gasteiger partial charge is 0.324 e. The summed E-state index contributed by atoms with van der Waals surface area (Å²) in [7, 11) is 0. The summed E-state index contributed by atoms with van der Waals surface area (Å²) in [5.74, 6) is 0.222. The summed E-state index contributed by atoms with van der Waals surface area (Å²) in [6.45, 7) is 1.96. The maximum atomic E-state index is 12.0. The van der Waals surface area contributed by atoms with Gasteiger partial charge in [-0.2, -0.15) is 0 Å². The van der Waals surface area contributed by atoms with Crippen molar-refractivity contribution in [3.8, 4) is 0 Å². The Labute approximate surface area is 141 Å². The second-order valence-electron chi connectivity index (χ2n) is 4.77. The molecule has 0 saturated heterocycles. The predicted molar refractivity (Wildman–Crippen MR) is 95.2 cm³/mol. The van der Waals surface area contributed by atoms with Crippen molar-refractivity contribution in [1.29, 1.82) is 0 Å². The number of nitrogens with one attached hydrogen (secondary N) is 1. The van der Waals surface area contributed by atoms with Gasteiger partial charge in [0.2, 0.25) is 5.91 Å². The van der Waals surface area contributed by atoms with Crippen LogP contribution in [0.1, 0.15) is 5.56 Å². The average molecular weight is 349 g/mol. The van der Waals surface area contributed by atoms with Gasteiger partial charge in [-0.3, -0.25) is 4.79 Å². The molecule has 3 rings (SSSR count). The SMILES string of the molecule is Cc1ccc(NC(=O)CSc2nc3ccccc3s2)c(Cl)c1. The minimum atomic E-state index is -0.0880. The Morgan fingerprint density at radius 3 is 2.91 bits per heavy atom. The zero-order valence-electron chi connectivity index (χ0n) is 11.8. The van der Waals surface area contributed by atoms with Gasteiger partial charge in [0.25, 0.3) is 0 Å². The molecule has 22 heavy (non-hydrogen) atoms. The molecule has 6 heteroatoms. The monoisotopic (exact) mass is 348 g/mol. The lowest BCUT2D eigenvalue weighted by Gasteiger charge is -2.07. The molecule has 1 heterocycles. The third-order valence-corrected chi connectivity index (χ3v) is 5.49. The molecule has 0 spiro atoms. The van der Waals surface area contributed by atoms with Crippen LogP contribution < -0.4 is 5.32 Å². The Balaban J connectivity index is 1.62. The minimum absolute atomic E-state index is 0.0880. The van der Waals surface area contributed by atoms with E-state index in [1.807, 2.05) is 49.4 Å². The van der Waals surface area contributed by atoms with E-state index in [1.165, 1.54) is 11.8 Å². The number of hydrogen-bond donors (Lipinski definition) is 1. The van der Waals surface area contributed by atoms with Crippen molar-refractivity contribution in [3.05, 3.63) is 53.1 Å². The second-order valence-corrected chi connectivity index (χ2v) is 7.43. The van der Waals surface area contributed by atoms with Gasteiger partial charge in [0.1, 0.15) is 0 Å². The lowest BCUT2D eigenvalue weighted by atomic mass is 10.2. The van der Waals surface area contributed by atoms with E-state index in [0.717, 1.165) is 20.1 Å². The number of benzene rings is 2. The average Bonchev–Trinajstić information content (AvgIpc) is 2.91. The number of aromatic nitrogens is 1. The number of carbonyl (C=O) groups excluding carboxylic acids is 1. The van der Waals surface area contributed by atoms with E-state index < -0.39 is 0 Å². The highest BCUT2D eigenvalue weighted by molar-refractivity contribution is 8.01. The van der Waals surface area contributed by atoms with E-state index >= 15 is 0 Å². The third kappa shape index (κ3) is 3.61. The maximum absolute atomic E-state index is 12.0. The van der Waals surface area contributed by atoms with Crippen molar-refractivity contribution in [2.45, 2.75) is 11.3 Å². The molecule has 0 aliphatic rings. The van der Waals surface area contributed by atoms with Gasteiger partial charge >= 0.3 is 0 Å². The highest BCUT2D eigenvalue weighted by atomic mass is 35.5. The number of carbonyl (C=O) groups is 1. The second kappa shape index (κ2) is 6.69. The van der Waals surface area contributed by atoms with Crippen LogP contribution in [0.2, 0.25) is 5.02 Å². The first kappa shape index (κ1) is 15.3. The lowest BCUT2D eigenvalue weighted by molar-refractivity contribution is -0.113. The molecule has 0 unspecified atom stereocenters. The molecule has 0 radical (unpaired) electrons. The zero-order valence-corrected chi connectivity index (χ0v) is 14.2. The first-order valence-electron chi connectivity index (χ1n) is 6.66. The Morgan fingerprint density at radius 1 is 1.32 bits per heavy atom. The van der Waals surface area contributed by atoms with Crippen LogP contribution >= 0.6 is 34.7 Å². The van der Waals surface area contributed by atoms with Crippen LogP contribution in [0.5, 0.6) is 0 Å². The molecule has 2 aromatic carbocycles. The van der Waals surface area contributed by atoms with E-state index in [0.29, 0.717) is 16.5 Å². The summed E-state index contributed by atoms with van der Waals surface area (Å²) < 4.78 is 2.03. The van der Waals surface area contributed by atoms with Crippen LogP contribution in [-0.2, 0) is 4.79 Å². The van der Waals surface area contributed by atoms with E-state index in [4.69, 9.17) is 11.6 Å². The standard InChI is InChI=1S/C16H13ClN2OS2/c1-10-6-7-12(11(17)8-10)18-15(20)9-21-16-19-13-4-2-3-5-14(13)22-16/h2-8H,9H2,1H3,(H,18,20). The van der Waals surface area contributed by atoms with Gasteiger partial charge in [0.05, 0.1) is 26.7 Å². The van der Waals surface area contributed by atoms with Crippen molar-refractivity contribution < 1.29 is 4.79 Å². The molecule has 0 aliphatic heterocycles. The molecule has 112 valence electrons. The molecular formula is C16H13ClN2OS2. The van der Waals surface area contributed by atoms with Crippen LogP contribution in [0.15, 0.2) is 46.8 Å². The number of hydrogen-bond acceptors (Lipinski definition) is 4. The van der Waals surface area contributed by atoms with Crippen molar-refractivity contribution in [2.75, 3.05) is 11.1 Å². The molecular weight excluding hydrogens is 336 g/mol. The highest BCUT2D eigenvalue weighted by Crippen LogP contribution is 2.29. The summed E-state index contributed by atoms with van der Waals surface area (Å²) in [5.41, 5.74) is 2.67. The van der Waals surface area contributed by atoms with Gasteiger partial charge in [-0.25, -0.2) is 4.98 Å². The fraction of sp³-hybridized carbons (Fsp3) is 0.125. The number of halogens is 1. The predicted octanol–water partition coefficient (Wildman–Crippen LogP) is 4.99. The molecule has 0 fully saturated rings. The quantitative estimate of drug-likeness (QED) is 0.675. The molecule has 0 atom stereocenters. The van der Waals surface area contributed by atoms with E-state index in [-0.39, 0.29) is 5.91 Å². The molecule has 0 bridgehead atoms. The van der Waals surface area contributed by atoms with E-state index in [9.17, 15) is 4.79 Å². The number of thiazole rings is 1. The number of rotatable bonds is 4. The van der Waals surface area contributed by atoms with Crippen LogP contribution in [0.4, 0.5) is 5.69 Å². The molecule has 1 aromatic heterocycles. The number of nitrogens with zero attached hydrogens (tertiary/aromatic N) is 1. The number of fused-ring (bicyclic) bond motifs is 1. The van der Waals surface area contributed by atoms with Crippen molar-refractivity contribution >= 4 is 56.5 Å². The van der Waals surface area contributed by atoms with Crippen LogP contribution in [0, 0.1) is 6.92 Å². The zero-order chi connectivity index (χ0) is 15.5. The molecule has 1 amide bonds. The van der Waals surface area contributed by atoms with Gasteiger partial charge in [0.15, 0.2) is 4.34 Å². The van der Waals surface area contributed by atoms with Crippen LogP contribution in [-0.4, -0.2) is 16.6 Å². The highest BCUT2D eigenvalue weighted by Gasteiger charge is 2.09. The Hall–Kier alpha value is -1.56. The summed E-state index contributed by atoms with van der Waals surface area (Å²) in [6.07, 6.45) is 0. The minimum Gasteiger partial charge on any atom is -0.324 e. The number of para-hydroxylation sites is 1. The van der Waals surface area contributed by atoms with Gasteiger partial charge in [-0.1, -0.05) is 41.6 Å². The molecule has 0 aliphatic carbocycles.